The van der Waals surface area contributed by atoms with Gasteiger partial charge in [0.1, 0.15) is 11.5 Å². The van der Waals surface area contributed by atoms with Gasteiger partial charge in [0.25, 0.3) is 0 Å². The van der Waals surface area contributed by atoms with Gasteiger partial charge in [0.2, 0.25) is 6.10 Å². The van der Waals surface area contributed by atoms with Crippen LogP contribution in [-0.2, 0) is 11.3 Å². The Morgan fingerprint density at radius 2 is 2.05 bits per heavy atom. The van der Waals surface area contributed by atoms with E-state index in [1.54, 1.807) is 0 Å². The lowest BCUT2D eigenvalue weighted by molar-refractivity contribution is -0.180. The summed E-state index contributed by atoms with van der Waals surface area (Å²) < 4.78 is 53.4. The van der Waals surface area contributed by atoms with Crippen LogP contribution >= 0.6 is 11.6 Å². The molecule has 7 heteroatoms. The van der Waals surface area contributed by atoms with Crippen molar-refractivity contribution in [3.63, 3.8) is 0 Å². The van der Waals surface area contributed by atoms with E-state index in [4.69, 9.17) is 25.8 Å². The first-order valence-electron chi connectivity index (χ1n) is 5.68. The van der Waals surface area contributed by atoms with E-state index in [2.05, 4.69) is 0 Å². The van der Waals surface area contributed by atoms with Crippen LogP contribution < -0.4 is 9.47 Å². The second-order valence-electron chi connectivity index (χ2n) is 4.16. The van der Waals surface area contributed by atoms with E-state index < -0.39 is 12.3 Å². The van der Waals surface area contributed by atoms with Crippen LogP contribution in [0.2, 0.25) is 5.02 Å². The fourth-order valence-corrected chi connectivity index (χ4v) is 2.29. The molecule has 20 heavy (non-hydrogen) atoms. The normalized spacial score (nSPS) is 17.6. The molecule has 110 valence electrons. The highest BCUT2D eigenvalue weighted by Crippen LogP contribution is 2.43. The molecule has 0 aromatic heterocycles. The highest BCUT2D eigenvalue weighted by molar-refractivity contribution is 6.32. The first kappa shape index (κ1) is 15.0. The summed E-state index contributed by atoms with van der Waals surface area (Å²) in [7, 11) is 2.80. The van der Waals surface area contributed by atoms with Gasteiger partial charge in [0, 0.05) is 12.7 Å². The Bertz CT molecular complexity index is 541. The lowest BCUT2D eigenvalue weighted by atomic mass is 10.0. The lowest BCUT2D eigenvalue weighted by Gasteiger charge is -2.26. The molecule has 0 saturated carbocycles. The SMILES string of the molecule is COCc1c(OC)c(Cl)cc2c1OC(C(F)(F)F)C=C2. The molecule has 0 amide bonds. The minimum Gasteiger partial charge on any atom is -0.495 e. The third-order valence-corrected chi connectivity index (χ3v) is 3.10. The maximum atomic E-state index is 12.7. The van der Waals surface area contributed by atoms with Crippen molar-refractivity contribution in [2.45, 2.75) is 18.9 Å². The maximum absolute atomic E-state index is 12.7. The quantitative estimate of drug-likeness (QED) is 0.849. The van der Waals surface area contributed by atoms with Crippen molar-refractivity contribution in [1.29, 1.82) is 0 Å². The van der Waals surface area contributed by atoms with Crippen molar-refractivity contribution in [1.82, 2.24) is 0 Å². The Labute approximate surface area is 118 Å². The van der Waals surface area contributed by atoms with Crippen molar-refractivity contribution in [3.8, 4) is 11.5 Å². The molecule has 0 fully saturated rings. The molecule has 1 aromatic rings. The molecule has 0 bridgehead atoms. The van der Waals surface area contributed by atoms with Gasteiger partial charge in [-0.25, -0.2) is 0 Å². The number of ether oxygens (including phenoxy) is 3. The molecule has 1 aliphatic rings. The summed E-state index contributed by atoms with van der Waals surface area (Å²) in [6.07, 6.45) is -4.19. The molecule has 3 nitrogen and oxygen atoms in total. The molecule has 0 aliphatic carbocycles. The summed E-state index contributed by atoms with van der Waals surface area (Å²) in [5, 5.41) is 0.289. The fraction of sp³-hybridized carbons (Fsp3) is 0.385. The summed E-state index contributed by atoms with van der Waals surface area (Å²) in [6, 6.07) is 1.50. The molecule has 1 aliphatic heterocycles. The molecule has 1 aromatic carbocycles. The van der Waals surface area contributed by atoms with Crippen LogP contribution in [0.15, 0.2) is 12.1 Å². The molecule has 0 spiro atoms. The number of methoxy groups -OCH3 is 2. The molecule has 2 rings (SSSR count). The van der Waals surface area contributed by atoms with Gasteiger partial charge >= 0.3 is 6.18 Å². The van der Waals surface area contributed by atoms with E-state index in [0.29, 0.717) is 11.1 Å². The molecule has 1 atom stereocenters. The Balaban J connectivity index is 2.53. The van der Waals surface area contributed by atoms with Crippen LogP contribution in [0.5, 0.6) is 11.5 Å². The third-order valence-electron chi connectivity index (χ3n) is 2.82. The van der Waals surface area contributed by atoms with Gasteiger partial charge in [-0.05, 0) is 12.1 Å². The zero-order chi connectivity index (χ0) is 14.9. The highest BCUT2D eigenvalue weighted by Gasteiger charge is 2.42. The minimum absolute atomic E-state index is 0.0322. The van der Waals surface area contributed by atoms with Crippen LogP contribution in [-0.4, -0.2) is 26.5 Å². The third kappa shape index (κ3) is 2.71. The molecule has 0 N–H and O–H groups in total. The Hall–Kier alpha value is -1.40. The van der Waals surface area contributed by atoms with Crippen LogP contribution in [0.1, 0.15) is 11.1 Å². The van der Waals surface area contributed by atoms with E-state index in [9.17, 15) is 13.2 Å². The van der Waals surface area contributed by atoms with E-state index in [1.807, 2.05) is 0 Å². The van der Waals surface area contributed by atoms with Crippen LogP contribution in [0.4, 0.5) is 13.2 Å². The molecule has 1 heterocycles. The first-order valence-corrected chi connectivity index (χ1v) is 6.06. The average Bonchev–Trinajstić information content (AvgIpc) is 2.37. The molecule has 0 saturated heterocycles. The van der Waals surface area contributed by atoms with Gasteiger partial charge in [-0.2, -0.15) is 13.2 Å². The fourth-order valence-electron chi connectivity index (χ4n) is 1.98. The van der Waals surface area contributed by atoms with Gasteiger partial charge in [-0.3, -0.25) is 0 Å². The first-order chi connectivity index (χ1) is 9.38. The molecular weight excluding hydrogens is 297 g/mol. The number of benzene rings is 1. The van der Waals surface area contributed by atoms with Gasteiger partial charge in [0.05, 0.1) is 24.3 Å². The monoisotopic (exact) mass is 308 g/mol. The van der Waals surface area contributed by atoms with Gasteiger partial charge in [-0.1, -0.05) is 17.7 Å². The zero-order valence-corrected chi connectivity index (χ0v) is 11.5. The van der Waals surface area contributed by atoms with Crippen molar-refractivity contribution >= 4 is 17.7 Å². The smallest absolute Gasteiger partial charge is 0.429 e. The Kier molecular flexibility index (Phi) is 4.15. The van der Waals surface area contributed by atoms with E-state index in [1.165, 1.54) is 26.4 Å². The number of alkyl halides is 3. The summed E-state index contributed by atoms with van der Waals surface area (Å²) in [5.41, 5.74) is 0.819. The number of hydrogen-bond donors (Lipinski definition) is 0. The largest absolute Gasteiger partial charge is 0.495 e. The number of rotatable bonds is 3. The zero-order valence-electron chi connectivity index (χ0n) is 10.8. The van der Waals surface area contributed by atoms with Crippen LogP contribution in [0.25, 0.3) is 6.08 Å². The number of hydrogen-bond acceptors (Lipinski definition) is 3. The Morgan fingerprint density at radius 1 is 1.35 bits per heavy atom. The highest BCUT2D eigenvalue weighted by atomic mass is 35.5. The summed E-state index contributed by atoms with van der Waals surface area (Å²) >= 11 is 6.04. The van der Waals surface area contributed by atoms with Crippen LogP contribution in [0, 0.1) is 0 Å². The predicted molar refractivity (Wildman–Crippen MR) is 68.2 cm³/mol. The molecular formula is C13H12ClF3O3. The average molecular weight is 309 g/mol. The van der Waals surface area contributed by atoms with Crippen molar-refractivity contribution in [2.24, 2.45) is 0 Å². The topological polar surface area (TPSA) is 27.7 Å². The van der Waals surface area contributed by atoms with Gasteiger partial charge in [-0.15, -0.1) is 0 Å². The summed E-state index contributed by atoms with van der Waals surface area (Å²) in [6.45, 7) is 0.0322. The standard InChI is InChI=1S/C13H12ClF3O3/c1-18-6-8-11-7(5-9(14)12(8)19-2)3-4-10(20-11)13(15,16)17/h3-5,10H,6H2,1-2H3. The van der Waals surface area contributed by atoms with Crippen molar-refractivity contribution in [2.75, 3.05) is 14.2 Å². The maximum Gasteiger partial charge on any atom is 0.429 e. The van der Waals surface area contributed by atoms with Crippen LogP contribution in [0.3, 0.4) is 0 Å². The molecule has 1 unspecified atom stereocenters. The second-order valence-corrected chi connectivity index (χ2v) is 4.57. The minimum atomic E-state index is -4.48. The van der Waals surface area contributed by atoms with Gasteiger partial charge < -0.3 is 14.2 Å². The van der Waals surface area contributed by atoms with Crippen molar-refractivity contribution < 1.29 is 27.4 Å². The van der Waals surface area contributed by atoms with E-state index >= 15 is 0 Å². The second kappa shape index (κ2) is 5.54. The number of halogens is 4. The predicted octanol–water partition coefficient (Wildman–Crippen LogP) is 3.83. The van der Waals surface area contributed by atoms with Crippen molar-refractivity contribution in [3.05, 3.63) is 28.3 Å². The molecule has 0 radical (unpaired) electrons. The van der Waals surface area contributed by atoms with E-state index in [-0.39, 0.29) is 23.1 Å². The Morgan fingerprint density at radius 3 is 2.60 bits per heavy atom. The summed E-state index contributed by atoms with van der Waals surface area (Å²) in [5.74, 6) is 0.335. The number of fused-ring (bicyclic) bond motifs is 1. The van der Waals surface area contributed by atoms with E-state index in [0.717, 1.165) is 6.08 Å². The summed E-state index contributed by atoms with van der Waals surface area (Å²) in [4.78, 5) is 0. The van der Waals surface area contributed by atoms with Gasteiger partial charge in [0.15, 0.2) is 0 Å². The lowest BCUT2D eigenvalue weighted by Crippen LogP contribution is -2.34.